The molecule has 4 saturated heterocycles. The largest absolute Gasteiger partial charge is 0.458 e. The standard InChI is InChI=1S/C40H56N4O10S2/c1-19-13-27-38(51,33(19)48)15-21(16-45)14-22-32-37(3,4)40(32,54-29(47)12-8-6-10-26-31-24(18-56-26)42-36(50)44-31)34(20(2)39(22,27)52)53-28(46)11-7-5-9-25-30-23(17-55-25)41-35(49)43-30/h13-14,20,22-27,30-32,34,45,51-52H,5-12,15-18H2,1-4H3,(H2,41,43,49)(H2,42,44,50)/t20-,22+,23?,24?,25?,26?,27-,30?,31?,32-,34-,38-,39-,40-/m1/s1. The number of Topliss-reactive ketones (excluding diaryl/α,β-unsaturated/α-hetero) is 1. The van der Waals surface area contributed by atoms with E-state index in [1.807, 2.05) is 37.4 Å². The molecule has 6 unspecified atom stereocenters. The number of unbranched alkanes of at least 4 members (excludes halogenated alkanes) is 2. The number of ketones is 1. The maximum atomic E-state index is 13.9. The smallest absolute Gasteiger partial charge is 0.315 e. The van der Waals surface area contributed by atoms with Crippen LogP contribution in [0.5, 0.6) is 0 Å². The van der Waals surface area contributed by atoms with Gasteiger partial charge < -0.3 is 46.1 Å². The normalized spacial score (nSPS) is 43.7. The van der Waals surface area contributed by atoms with E-state index in [0.717, 1.165) is 37.2 Å². The fourth-order valence-corrected chi connectivity index (χ4v) is 14.9. The minimum atomic E-state index is -2.00. The van der Waals surface area contributed by atoms with E-state index in [1.165, 1.54) is 0 Å². The third kappa shape index (κ3) is 6.21. The molecule has 7 N–H and O–H groups in total. The van der Waals surface area contributed by atoms with E-state index in [9.17, 15) is 39.3 Å². The minimum Gasteiger partial charge on any atom is -0.458 e. The Kier molecular flexibility index (Phi) is 10.4. The van der Waals surface area contributed by atoms with Gasteiger partial charge in [-0.25, -0.2) is 9.59 Å². The van der Waals surface area contributed by atoms with Crippen molar-refractivity contribution in [3.63, 3.8) is 0 Å². The highest BCUT2D eigenvalue weighted by molar-refractivity contribution is 8.00. The van der Waals surface area contributed by atoms with Crippen LogP contribution in [-0.4, -0.2) is 121 Å². The summed E-state index contributed by atoms with van der Waals surface area (Å²) >= 11 is 3.64. The first-order valence-corrected chi connectivity index (χ1v) is 22.4. The fourth-order valence-electron chi connectivity index (χ4n) is 11.8. The Bertz CT molecular complexity index is 1740. The van der Waals surface area contributed by atoms with Crippen molar-refractivity contribution in [2.24, 2.45) is 29.1 Å². The SMILES string of the molecule is CC1=C[C@H]2[C@@]3(O)[C@H](C)[C@@H](OC(=O)CCCCC4SCC5NC(=O)NC54)[C@]4(OC(=O)CCCCC5SCC6NC(=O)NC65)[C@H]([C@@H]3C=C(CO)C[C@]2(O)C1=O)C4(C)C. The van der Waals surface area contributed by atoms with Gasteiger partial charge in [0.2, 0.25) is 0 Å². The van der Waals surface area contributed by atoms with Crippen molar-refractivity contribution in [2.45, 2.75) is 143 Å². The van der Waals surface area contributed by atoms with Gasteiger partial charge in [0.05, 0.1) is 36.4 Å². The van der Waals surface area contributed by atoms with E-state index in [0.29, 0.717) is 24.0 Å². The van der Waals surface area contributed by atoms with Gasteiger partial charge in [-0.15, -0.1) is 0 Å². The van der Waals surface area contributed by atoms with E-state index < -0.39 is 76.3 Å². The third-order valence-corrected chi connectivity index (χ3v) is 17.6. The number of fused-ring (bicyclic) bond motifs is 7. The lowest BCUT2D eigenvalue weighted by atomic mass is 9.59. The van der Waals surface area contributed by atoms with Crippen LogP contribution in [0.25, 0.3) is 0 Å². The molecule has 4 amide bonds. The van der Waals surface area contributed by atoms with Crippen molar-refractivity contribution in [3.8, 4) is 0 Å². The summed E-state index contributed by atoms with van der Waals surface area (Å²) in [7, 11) is 0. The molecule has 8 aliphatic rings. The molecule has 14 atom stereocenters. The van der Waals surface area contributed by atoms with Crippen LogP contribution in [0.2, 0.25) is 0 Å². The van der Waals surface area contributed by atoms with E-state index in [1.54, 1.807) is 26.0 Å². The number of amides is 4. The van der Waals surface area contributed by atoms with Crippen molar-refractivity contribution in [3.05, 3.63) is 23.3 Å². The van der Waals surface area contributed by atoms with Crippen LogP contribution in [0.15, 0.2) is 23.3 Å². The van der Waals surface area contributed by atoms with Gasteiger partial charge in [-0.05, 0) is 43.8 Å². The molecule has 0 aromatic heterocycles. The van der Waals surface area contributed by atoms with Crippen LogP contribution in [0.1, 0.15) is 85.5 Å². The van der Waals surface area contributed by atoms with Gasteiger partial charge in [0.1, 0.15) is 11.7 Å². The Morgan fingerprint density at radius 3 is 2.00 bits per heavy atom. The molecule has 0 radical (unpaired) electrons. The molecule has 0 aromatic rings. The third-order valence-electron chi connectivity index (χ3n) is 14.6. The molecule has 6 fully saturated rings. The monoisotopic (exact) mass is 816 g/mol. The maximum Gasteiger partial charge on any atom is 0.315 e. The van der Waals surface area contributed by atoms with Crippen LogP contribution in [0.3, 0.4) is 0 Å². The number of thioether (sulfide) groups is 2. The number of nitrogens with one attached hydrogen (secondary N) is 4. The van der Waals surface area contributed by atoms with Gasteiger partial charge in [0.15, 0.2) is 11.4 Å². The Balaban J connectivity index is 1.00. The number of rotatable bonds is 13. The van der Waals surface area contributed by atoms with E-state index in [-0.39, 0.29) is 66.0 Å². The highest BCUT2D eigenvalue weighted by Crippen LogP contribution is 2.77. The summed E-state index contributed by atoms with van der Waals surface area (Å²) in [6.07, 6.45) is 6.66. The van der Waals surface area contributed by atoms with Crippen LogP contribution < -0.4 is 21.3 Å². The summed E-state index contributed by atoms with van der Waals surface area (Å²) < 4.78 is 12.9. The van der Waals surface area contributed by atoms with Crippen molar-refractivity contribution in [1.82, 2.24) is 21.3 Å². The Morgan fingerprint density at radius 1 is 0.857 bits per heavy atom. The first-order valence-electron chi connectivity index (χ1n) is 20.3. The summed E-state index contributed by atoms with van der Waals surface area (Å²) in [5.74, 6) is -2.97. The van der Waals surface area contributed by atoms with Gasteiger partial charge in [-0.3, -0.25) is 14.4 Å². The van der Waals surface area contributed by atoms with Crippen molar-refractivity contribution >= 4 is 53.3 Å². The summed E-state index contributed by atoms with van der Waals surface area (Å²) in [5, 5.41) is 48.0. The maximum absolute atomic E-state index is 13.9. The highest BCUT2D eigenvalue weighted by atomic mass is 32.2. The van der Waals surface area contributed by atoms with Gasteiger partial charge >= 0.3 is 24.0 Å². The summed E-state index contributed by atoms with van der Waals surface area (Å²) in [6.45, 7) is 6.81. The molecule has 2 saturated carbocycles. The van der Waals surface area contributed by atoms with Crippen LogP contribution >= 0.6 is 23.5 Å². The molecular formula is C40H56N4O10S2. The highest BCUT2D eigenvalue weighted by Gasteiger charge is 2.88. The number of aliphatic hydroxyl groups is 3. The van der Waals surface area contributed by atoms with Crippen LogP contribution in [-0.2, 0) is 23.9 Å². The molecule has 0 aromatic carbocycles. The molecule has 308 valence electrons. The second kappa shape index (κ2) is 14.5. The molecule has 16 heteroatoms. The number of carbonyl (C=O) groups is 5. The average Bonchev–Trinajstić information content (AvgIpc) is 3.78. The predicted molar refractivity (Wildman–Crippen MR) is 208 cm³/mol. The quantitative estimate of drug-likeness (QED) is 0.0619. The summed E-state index contributed by atoms with van der Waals surface area (Å²) in [6, 6.07) is 0.107. The van der Waals surface area contributed by atoms with Crippen LogP contribution in [0, 0.1) is 29.1 Å². The molecule has 4 aliphatic carbocycles. The second-order valence-electron chi connectivity index (χ2n) is 18.1. The summed E-state index contributed by atoms with van der Waals surface area (Å²) in [5.41, 5.74) is -5.16. The lowest BCUT2D eigenvalue weighted by molar-refractivity contribution is -0.229. The van der Waals surface area contributed by atoms with Crippen LogP contribution in [0.4, 0.5) is 9.59 Å². The number of carbonyl (C=O) groups excluding carboxylic acids is 5. The van der Waals surface area contributed by atoms with E-state index >= 15 is 0 Å². The predicted octanol–water partition coefficient (Wildman–Crippen LogP) is 2.48. The molecule has 0 bridgehead atoms. The number of ether oxygens (including phenoxy) is 2. The zero-order chi connectivity index (χ0) is 39.9. The number of aliphatic hydroxyl groups excluding tert-OH is 1. The molecule has 14 nitrogen and oxygen atoms in total. The number of urea groups is 2. The zero-order valence-corrected chi connectivity index (χ0v) is 34.1. The number of esters is 2. The van der Waals surface area contributed by atoms with Gasteiger partial charge in [0, 0.05) is 70.4 Å². The Hall–Kier alpha value is -2.79. The topological polar surface area (TPSA) is 213 Å². The van der Waals surface area contributed by atoms with Crippen molar-refractivity contribution < 1.29 is 48.8 Å². The Morgan fingerprint density at radius 2 is 1.43 bits per heavy atom. The fraction of sp³-hybridized carbons (Fsp3) is 0.775. The second-order valence-corrected chi connectivity index (χ2v) is 20.6. The number of hydrogen-bond acceptors (Lipinski definition) is 12. The minimum absolute atomic E-state index is 0.0693. The van der Waals surface area contributed by atoms with E-state index in [4.69, 9.17) is 9.47 Å². The Labute approximate surface area is 335 Å². The first-order chi connectivity index (χ1) is 26.6. The molecular weight excluding hydrogens is 761 g/mol. The van der Waals surface area contributed by atoms with E-state index in [2.05, 4.69) is 21.3 Å². The van der Waals surface area contributed by atoms with Gasteiger partial charge in [0.25, 0.3) is 0 Å². The molecule has 4 aliphatic heterocycles. The lowest BCUT2D eigenvalue weighted by Gasteiger charge is -2.53. The molecule has 8 rings (SSSR count). The molecule has 56 heavy (non-hydrogen) atoms. The van der Waals surface area contributed by atoms with Crippen molar-refractivity contribution in [1.29, 1.82) is 0 Å². The van der Waals surface area contributed by atoms with Crippen molar-refractivity contribution in [2.75, 3.05) is 18.1 Å². The van der Waals surface area contributed by atoms with Gasteiger partial charge in [-0.1, -0.05) is 45.8 Å². The first kappa shape index (κ1) is 40.0. The lowest BCUT2D eigenvalue weighted by Crippen LogP contribution is -2.66. The zero-order valence-electron chi connectivity index (χ0n) is 32.5. The average molecular weight is 817 g/mol. The van der Waals surface area contributed by atoms with Gasteiger partial charge in [-0.2, -0.15) is 23.5 Å². The summed E-state index contributed by atoms with van der Waals surface area (Å²) in [4.78, 5) is 64.9. The number of hydrogen-bond donors (Lipinski definition) is 7. The molecule has 4 heterocycles. The molecule has 0 spiro atoms.